The zero-order chi connectivity index (χ0) is 18.2. The summed E-state index contributed by atoms with van der Waals surface area (Å²) in [4.78, 5) is 29.6. The molecule has 2 fully saturated rings. The van der Waals surface area contributed by atoms with E-state index in [1.54, 1.807) is 17.3 Å². The summed E-state index contributed by atoms with van der Waals surface area (Å²) >= 11 is 0. The molecule has 1 saturated carbocycles. The highest BCUT2D eigenvalue weighted by Crippen LogP contribution is 2.27. The molecule has 0 aromatic carbocycles. The zero-order valence-corrected chi connectivity index (χ0v) is 15.1. The van der Waals surface area contributed by atoms with Gasteiger partial charge in [-0.15, -0.1) is 0 Å². The molecule has 0 atom stereocenters. The second-order valence-corrected chi connectivity index (χ2v) is 7.03. The number of carbonyl (C=O) groups excluding carboxylic acids is 2. The molecule has 26 heavy (non-hydrogen) atoms. The normalized spacial score (nSPS) is 22.7. The van der Waals surface area contributed by atoms with Crippen molar-refractivity contribution < 1.29 is 19.1 Å². The van der Waals surface area contributed by atoms with Gasteiger partial charge in [0, 0.05) is 32.0 Å². The van der Waals surface area contributed by atoms with Gasteiger partial charge in [-0.3, -0.25) is 4.98 Å². The van der Waals surface area contributed by atoms with Gasteiger partial charge in [0.2, 0.25) is 0 Å². The molecule has 2 aliphatic rings. The number of alkyl carbamates (subject to hydrolysis) is 1. The van der Waals surface area contributed by atoms with E-state index in [0.29, 0.717) is 19.1 Å². The van der Waals surface area contributed by atoms with Crippen LogP contribution in [0.2, 0.25) is 0 Å². The van der Waals surface area contributed by atoms with Gasteiger partial charge in [0.1, 0.15) is 6.10 Å². The minimum Gasteiger partial charge on any atom is -0.449 e. The number of amides is 2. The van der Waals surface area contributed by atoms with Crippen LogP contribution in [0.4, 0.5) is 9.59 Å². The Hall–Kier alpha value is -2.31. The number of hydrogen-bond donors (Lipinski definition) is 1. The number of ether oxygens (including phenoxy) is 2. The first-order valence-electron chi connectivity index (χ1n) is 9.46. The van der Waals surface area contributed by atoms with E-state index in [-0.39, 0.29) is 12.2 Å². The molecule has 7 heteroatoms. The van der Waals surface area contributed by atoms with E-state index in [0.717, 1.165) is 57.2 Å². The Balaban J connectivity index is 1.29. The van der Waals surface area contributed by atoms with E-state index >= 15 is 0 Å². The molecule has 0 spiro atoms. The molecule has 1 saturated heterocycles. The number of carbonyl (C=O) groups is 2. The molecule has 0 bridgehead atoms. The van der Waals surface area contributed by atoms with Crippen LogP contribution in [-0.2, 0) is 16.0 Å². The Labute approximate surface area is 154 Å². The van der Waals surface area contributed by atoms with Crippen molar-refractivity contribution in [2.45, 2.75) is 51.2 Å². The van der Waals surface area contributed by atoms with E-state index in [1.807, 2.05) is 12.1 Å². The van der Waals surface area contributed by atoms with Crippen LogP contribution in [-0.4, -0.2) is 47.9 Å². The molecule has 3 rings (SSSR count). The highest BCUT2D eigenvalue weighted by molar-refractivity contribution is 5.68. The van der Waals surface area contributed by atoms with Crippen molar-refractivity contribution in [2.75, 3.05) is 19.7 Å². The largest absolute Gasteiger partial charge is 0.449 e. The maximum atomic E-state index is 11.9. The molecule has 7 nitrogen and oxygen atoms in total. The number of pyridine rings is 1. The van der Waals surface area contributed by atoms with Gasteiger partial charge in [0.15, 0.2) is 0 Å². The Morgan fingerprint density at radius 2 is 1.96 bits per heavy atom. The van der Waals surface area contributed by atoms with E-state index in [9.17, 15) is 9.59 Å². The highest BCUT2D eigenvalue weighted by atomic mass is 16.6. The summed E-state index contributed by atoms with van der Waals surface area (Å²) < 4.78 is 10.9. The maximum Gasteiger partial charge on any atom is 0.409 e. The lowest BCUT2D eigenvalue weighted by molar-refractivity contribution is 0.0442. The second kappa shape index (κ2) is 9.40. The molecule has 1 N–H and O–H groups in total. The first kappa shape index (κ1) is 18.5. The average Bonchev–Trinajstić information content (AvgIpc) is 3.21. The summed E-state index contributed by atoms with van der Waals surface area (Å²) in [6.45, 7) is 2.50. The first-order chi connectivity index (χ1) is 12.7. The third kappa shape index (κ3) is 5.61. The van der Waals surface area contributed by atoms with Gasteiger partial charge >= 0.3 is 12.2 Å². The van der Waals surface area contributed by atoms with Crippen LogP contribution in [0.3, 0.4) is 0 Å². The molecule has 1 aliphatic carbocycles. The molecule has 1 aromatic heterocycles. The van der Waals surface area contributed by atoms with Gasteiger partial charge in [0.05, 0.1) is 6.61 Å². The van der Waals surface area contributed by atoms with Gasteiger partial charge in [-0.25, -0.2) is 9.59 Å². The fraction of sp³-hybridized carbons (Fsp3) is 0.632. The second-order valence-electron chi connectivity index (χ2n) is 7.03. The Kier molecular flexibility index (Phi) is 6.68. The molecular weight excluding hydrogens is 334 g/mol. The van der Waals surface area contributed by atoms with Crippen LogP contribution >= 0.6 is 0 Å². The Morgan fingerprint density at radius 1 is 1.19 bits per heavy atom. The van der Waals surface area contributed by atoms with Crippen molar-refractivity contribution in [2.24, 2.45) is 5.92 Å². The standard InChI is InChI=1S/C19H27N3O4/c23-18(21-13-16-4-3-9-20-12-16)26-17-7-5-15(6-8-17)14-25-19(24)22-10-1-2-11-22/h3-4,9,12,15,17H,1-2,5-8,10-11,13-14H2,(H,21,23). The van der Waals surface area contributed by atoms with Crippen molar-refractivity contribution in [3.8, 4) is 0 Å². The molecule has 2 heterocycles. The monoisotopic (exact) mass is 361 g/mol. The smallest absolute Gasteiger partial charge is 0.409 e. The first-order valence-corrected chi connectivity index (χ1v) is 9.46. The quantitative estimate of drug-likeness (QED) is 0.872. The molecule has 0 radical (unpaired) electrons. The minimum atomic E-state index is -0.391. The number of aromatic nitrogens is 1. The van der Waals surface area contributed by atoms with Crippen molar-refractivity contribution in [1.82, 2.24) is 15.2 Å². The van der Waals surface area contributed by atoms with Crippen molar-refractivity contribution in [3.05, 3.63) is 30.1 Å². The Bertz CT molecular complexity index is 582. The number of likely N-dealkylation sites (tertiary alicyclic amines) is 1. The summed E-state index contributed by atoms with van der Waals surface area (Å²) in [6.07, 6.45) is 8.36. The summed E-state index contributed by atoms with van der Waals surface area (Å²) in [5.41, 5.74) is 0.938. The van der Waals surface area contributed by atoms with Gasteiger partial charge < -0.3 is 19.7 Å². The number of hydrogen-bond acceptors (Lipinski definition) is 5. The predicted octanol–water partition coefficient (Wildman–Crippen LogP) is 3.10. The van der Waals surface area contributed by atoms with E-state index < -0.39 is 6.09 Å². The minimum absolute atomic E-state index is 0.0607. The van der Waals surface area contributed by atoms with Crippen LogP contribution in [0.25, 0.3) is 0 Å². The zero-order valence-electron chi connectivity index (χ0n) is 15.1. The molecule has 2 amide bonds. The third-order valence-corrected chi connectivity index (χ3v) is 5.03. The maximum absolute atomic E-state index is 11.9. The van der Waals surface area contributed by atoms with E-state index in [1.165, 1.54) is 0 Å². The summed E-state index contributed by atoms with van der Waals surface area (Å²) in [5, 5.41) is 2.75. The van der Waals surface area contributed by atoms with Crippen molar-refractivity contribution >= 4 is 12.2 Å². The number of nitrogens with zero attached hydrogens (tertiary/aromatic N) is 2. The average molecular weight is 361 g/mol. The van der Waals surface area contributed by atoms with Crippen molar-refractivity contribution in [1.29, 1.82) is 0 Å². The van der Waals surface area contributed by atoms with Gasteiger partial charge in [0.25, 0.3) is 0 Å². The topological polar surface area (TPSA) is 80.8 Å². The van der Waals surface area contributed by atoms with Crippen LogP contribution in [0.1, 0.15) is 44.1 Å². The summed E-state index contributed by atoms with van der Waals surface area (Å²) in [7, 11) is 0. The van der Waals surface area contributed by atoms with Crippen LogP contribution in [0, 0.1) is 5.92 Å². The van der Waals surface area contributed by atoms with Crippen LogP contribution in [0.5, 0.6) is 0 Å². The van der Waals surface area contributed by atoms with E-state index in [4.69, 9.17) is 9.47 Å². The van der Waals surface area contributed by atoms with Gasteiger partial charge in [-0.1, -0.05) is 6.07 Å². The van der Waals surface area contributed by atoms with Crippen LogP contribution < -0.4 is 5.32 Å². The molecule has 1 aromatic rings. The van der Waals surface area contributed by atoms with Crippen molar-refractivity contribution in [3.63, 3.8) is 0 Å². The fourth-order valence-electron chi connectivity index (χ4n) is 3.47. The summed E-state index contributed by atoms with van der Waals surface area (Å²) in [6, 6.07) is 3.74. The third-order valence-electron chi connectivity index (χ3n) is 5.03. The number of rotatable bonds is 5. The highest BCUT2D eigenvalue weighted by Gasteiger charge is 2.26. The number of nitrogens with one attached hydrogen (secondary N) is 1. The summed E-state index contributed by atoms with van der Waals surface area (Å²) in [5.74, 6) is 0.361. The predicted molar refractivity (Wildman–Crippen MR) is 95.5 cm³/mol. The Morgan fingerprint density at radius 3 is 2.65 bits per heavy atom. The lowest BCUT2D eigenvalue weighted by atomic mass is 9.88. The molecule has 142 valence electrons. The fourth-order valence-corrected chi connectivity index (χ4v) is 3.47. The van der Waals surface area contributed by atoms with E-state index in [2.05, 4.69) is 10.3 Å². The van der Waals surface area contributed by atoms with Crippen LogP contribution in [0.15, 0.2) is 24.5 Å². The van der Waals surface area contributed by atoms with Gasteiger partial charge in [-0.05, 0) is 56.1 Å². The lowest BCUT2D eigenvalue weighted by Gasteiger charge is -2.28. The lowest BCUT2D eigenvalue weighted by Crippen LogP contribution is -2.33. The van der Waals surface area contributed by atoms with Gasteiger partial charge in [-0.2, -0.15) is 0 Å². The molecule has 0 unspecified atom stereocenters. The molecule has 1 aliphatic heterocycles. The SMILES string of the molecule is O=C(NCc1cccnc1)OC1CCC(COC(=O)N2CCCC2)CC1. The molecular formula is C19H27N3O4.